The molecule has 0 bridgehead atoms. The number of benzene rings is 2. The molecule has 2 aromatic carbocycles. The first-order valence-corrected chi connectivity index (χ1v) is 13.1. The van der Waals surface area contributed by atoms with Crippen molar-refractivity contribution in [2.75, 3.05) is 26.2 Å². The van der Waals surface area contributed by atoms with Gasteiger partial charge in [0.1, 0.15) is 0 Å². The van der Waals surface area contributed by atoms with Gasteiger partial charge in [-0.1, -0.05) is 46.3 Å². The molecule has 34 heavy (non-hydrogen) atoms. The van der Waals surface area contributed by atoms with Gasteiger partial charge in [0, 0.05) is 34.7 Å². The van der Waals surface area contributed by atoms with E-state index in [4.69, 9.17) is 0 Å². The van der Waals surface area contributed by atoms with Gasteiger partial charge in [-0.15, -0.1) is 0 Å². The zero-order valence-electron chi connectivity index (χ0n) is 19.7. The Morgan fingerprint density at radius 1 is 1.03 bits per heavy atom. The largest absolute Gasteiger partial charge is 0.388 e. The Morgan fingerprint density at radius 3 is 2.41 bits per heavy atom. The molecule has 1 aromatic heterocycles. The predicted octanol–water partition coefficient (Wildman–Crippen LogP) is 5.44. The van der Waals surface area contributed by atoms with Crippen LogP contribution in [-0.2, 0) is 0 Å². The normalized spacial score (nSPS) is 20.4. The Kier molecular flexibility index (Phi) is 6.74. The lowest BCUT2D eigenvalue weighted by Gasteiger charge is -2.49. The van der Waals surface area contributed by atoms with Gasteiger partial charge in [-0.05, 0) is 81.4 Å². The summed E-state index contributed by atoms with van der Waals surface area (Å²) in [5.41, 5.74) is 2.72. The van der Waals surface area contributed by atoms with E-state index in [0.717, 1.165) is 78.4 Å². The number of likely N-dealkylation sites (tertiary alicyclic amines) is 2. The quantitative estimate of drug-likeness (QED) is 0.496. The second kappa shape index (κ2) is 9.76. The third kappa shape index (κ3) is 4.64. The van der Waals surface area contributed by atoms with Gasteiger partial charge >= 0.3 is 0 Å². The second-order valence-corrected chi connectivity index (χ2v) is 10.9. The smallest absolute Gasteiger partial charge is 0.254 e. The number of pyridine rings is 1. The molecule has 1 atom stereocenters. The number of nitrogens with zero attached hydrogens (tertiary/aromatic N) is 3. The number of aliphatic hydroxyl groups excluding tert-OH is 1. The number of carbonyl (C=O) groups is 1. The van der Waals surface area contributed by atoms with Gasteiger partial charge in [0.2, 0.25) is 0 Å². The van der Waals surface area contributed by atoms with E-state index < -0.39 is 6.10 Å². The molecule has 2 fully saturated rings. The third-order valence-electron chi connectivity index (χ3n) is 7.97. The van der Waals surface area contributed by atoms with Crippen LogP contribution in [0, 0.1) is 5.92 Å². The Balaban J connectivity index is 1.19. The minimum atomic E-state index is -0.405. The van der Waals surface area contributed by atoms with Crippen molar-refractivity contribution < 1.29 is 9.90 Å². The van der Waals surface area contributed by atoms with Gasteiger partial charge in [-0.3, -0.25) is 14.7 Å². The van der Waals surface area contributed by atoms with Crippen molar-refractivity contribution >= 4 is 32.7 Å². The van der Waals surface area contributed by atoms with Crippen molar-refractivity contribution in [3.05, 3.63) is 76.4 Å². The Morgan fingerprint density at radius 2 is 1.71 bits per heavy atom. The highest BCUT2D eigenvalue weighted by Gasteiger charge is 2.39. The maximum Gasteiger partial charge on any atom is 0.254 e. The number of amides is 1. The Hall–Kier alpha value is -2.28. The monoisotopic (exact) mass is 521 g/mol. The number of fused-ring (bicyclic) bond motifs is 1. The average molecular weight is 522 g/mol. The molecule has 2 saturated heterocycles. The molecule has 1 unspecified atom stereocenters. The van der Waals surface area contributed by atoms with Crippen molar-refractivity contribution in [1.29, 1.82) is 0 Å². The fourth-order valence-corrected chi connectivity index (χ4v) is 5.91. The molecular weight excluding hydrogens is 490 g/mol. The fourth-order valence-electron chi connectivity index (χ4n) is 5.65. The van der Waals surface area contributed by atoms with E-state index in [9.17, 15) is 9.90 Å². The maximum absolute atomic E-state index is 13.3. The van der Waals surface area contributed by atoms with Gasteiger partial charge in [-0.2, -0.15) is 0 Å². The van der Waals surface area contributed by atoms with Crippen LogP contribution in [0.25, 0.3) is 10.9 Å². The number of halogens is 1. The molecule has 0 saturated carbocycles. The summed E-state index contributed by atoms with van der Waals surface area (Å²) in [6, 6.07) is 17.7. The van der Waals surface area contributed by atoms with Crippen molar-refractivity contribution in [3.63, 3.8) is 0 Å². The van der Waals surface area contributed by atoms with Gasteiger partial charge < -0.3 is 10.0 Å². The zero-order valence-corrected chi connectivity index (χ0v) is 21.2. The number of hydrogen-bond acceptors (Lipinski definition) is 4. The van der Waals surface area contributed by atoms with Crippen LogP contribution in [0.3, 0.4) is 0 Å². The molecule has 6 heteroatoms. The molecule has 2 aliphatic rings. The van der Waals surface area contributed by atoms with Gasteiger partial charge in [0.25, 0.3) is 5.91 Å². The van der Waals surface area contributed by atoms with Crippen molar-refractivity contribution in [2.24, 2.45) is 5.92 Å². The first-order chi connectivity index (χ1) is 16.4. The lowest BCUT2D eigenvalue weighted by atomic mass is 9.82. The average Bonchev–Trinajstić information content (AvgIpc) is 2.88. The van der Waals surface area contributed by atoms with Crippen LogP contribution >= 0.6 is 15.9 Å². The topological polar surface area (TPSA) is 56.7 Å². The highest BCUT2D eigenvalue weighted by Crippen LogP contribution is 2.37. The van der Waals surface area contributed by atoms with Crippen molar-refractivity contribution in [1.82, 2.24) is 14.8 Å². The van der Waals surface area contributed by atoms with Crippen LogP contribution in [0.5, 0.6) is 0 Å². The number of aromatic nitrogens is 1. The number of aliphatic hydroxyl groups is 1. The molecule has 0 spiro atoms. The highest BCUT2D eigenvalue weighted by molar-refractivity contribution is 9.10. The second-order valence-electron chi connectivity index (χ2n) is 9.99. The van der Waals surface area contributed by atoms with E-state index in [1.807, 2.05) is 59.5 Å². The number of carbonyl (C=O) groups excluding carboxylic acids is 1. The van der Waals surface area contributed by atoms with Gasteiger partial charge in [0.05, 0.1) is 17.2 Å². The predicted molar refractivity (Wildman–Crippen MR) is 139 cm³/mol. The molecule has 3 heterocycles. The first kappa shape index (κ1) is 23.5. The van der Waals surface area contributed by atoms with Gasteiger partial charge in [-0.25, -0.2) is 0 Å². The van der Waals surface area contributed by atoms with E-state index >= 15 is 0 Å². The standard InChI is InChI=1S/C28H32BrN3O2/c1-28(32-16-11-21(12-17-32)26(33)20-6-8-22(29)9-7-20)13-18-31(19-14-28)27(34)24-10-15-30-25-5-3-2-4-23(24)25/h2-10,15,21,26,33H,11-14,16-19H2,1H3. The molecule has 0 aliphatic carbocycles. The Labute approximate surface area is 209 Å². The summed E-state index contributed by atoms with van der Waals surface area (Å²) in [6.07, 6.45) is 5.27. The maximum atomic E-state index is 13.3. The van der Waals surface area contributed by atoms with Crippen LogP contribution < -0.4 is 0 Å². The molecule has 5 nitrogen and oxygen atoms in total. The summed E-state index contributed by atoms with van der Waals surface area (Å²) in [5, 5.41) is 11.8. The summed E-state index contributed by atoms with van der Waals surface area (Å²) >= 11 is 3.47. The number of hydrogen-bond donors (Lipinski definition) is 1. The minimum absolute atomic E-state index is 0.102. The molecule has 1 amide bonds. The van der Waals surface area contributed by atoms with Crippen molar-refractivity contribution in [2.45, 2.75) is 44.2 Å². The molecule has 3 aromatic rings. The third-order valence-corrected chi connectivity index (χ3v) is 8.50. The lowest BCUT2D eigenvalue weighted by Crippen LogP contribution is -2.56. The number of para-hydroxylation sites is 1. The summed E-state index contributed by atoms with van der Waals surface area (Å²) in [7, 11) is 0. The molecule has 5 rings (SSSR count). The Bertz CT molecular complexity index is 1140. The van der Waals surface area contributed by atoms with E-state index in [1.54, 1.807) is 6.20 Å². The van der Waals surface area contributed by atoms with E-state index in [-0.39, 0.29) is 11.4 Å². The highest BCUT2D eigenvalue weighted by atomic mass is 79.9. The summed E-state index contributed by atoms with van der Waals surface area (Å²) in [6.45, 7) is 5.89. The summed E-state index contributed by atoms with van der Waals surface area (Å²) < 4.78 is 1.04. The molecule has 0 radical (unpaired) electrons. The van der Waals surface area contributed by atoms with Crippen LogP contribution in [0.1, 0.15) is 54.6 Å². The zero-order chi connectivity index (χ0) is 23.7. The molecule has 178 valence electrons. The number of piperidine rings is 2. The van der Waals surface area contributed by atoms with Crippen LogP contribution in [0.2, 0.25) is 0 Å². The molecule has 2 aliphatic heterocycles. The van der Waals surface area contributed by atoms with Crippen LogP contribution in [0.4, 0.5) is 0 Å². The SMILES string of the molecule is CC1(N2CCC(C(O)c3ccc(Br)cc3)CC2)CCN(C(=O)c2ccnc3ccccc23)CC1. The molecule has 1 N–H and O–H groups in total. The van der Waals surface area contributed by atoms with Crippen LogP contribution in [0.15, 0.2) is 65.3 Å². The fraction of sp³-hybridized carbons (Fsp3) is 0.429. The first-order valence-electron chi connectivity index (χ1n) is 12.3. The van der Waals surface area contributed by atoms with Crippen molar-refractivity contribution in [3.8, 4) is 0 Å². The summed E-state index contributed by atoms with van der Waals surface area (Å²) in [4.78, 5) is 22.3. The summed E-state index contributed by atoms with van der Waals surface area (Å²) in [5.74, 6) is 0.402. The molecular formula is C28H32BrN3O2. The van der Waals surface area contributed by atoms with Gasteiger partial charge in [0.15, 0.2) is 0 Å². The van der Waals surface area contributed by atoms with E-state index in [1.165, 1.54) is 0 Å². The van der Waals surface area contributed by atoms with Crippen LogP contribution in [-0.4, -0.2) is 57.5 Å². The van der Waals surface area contributed by atoms with E-state index in [2.05, 4.69) is 32.7 Å². The lowest BCUT2D eigenvalue weighted by molar-refractivity contribution is -0.0102. The number of rotatable bonds is 4. The van der Waals surface area contributed by atoms with E-state index in [0.29, 0.717) is 5.92 Å². The minimum Gasteiger partial charge on any atom is -0.388 e.